The molecule has 0 amide bonds. The zero-order chi connectivity index (χ0) is 13.3. The van der Waals surface area contributed by atoms with Crippen molar-refractivity contribution < 1.29 is 0 Å². The van der Waals surface area contributed by atoms with Gasteiger partial charge in [-0.25, -0.2) is 0 Å². The summed E-state index contributed by atoms with van der Waals surface area (Å²) in [6, 6.07) is 5.08. The fourth-order valence-corrected chi connectivity index (χ4v) is 3.63. The molecule has 1 nitrogen and oxygen atoms in total. The highest BCUT2D eigenvalue weighted by Crippen LogP contribution is 2.37. The number of benzene rings is 1. The van der Waals surface area contributed by atoms with Gasteiger partial charge in [0.15, 0.2) is 0 Å². The van der Waals surface area contributed by atoms with Gasteiger partial charge in [0.05, 0.1) is 5.69 Å². The molecule has 1 aromatic carbocycles. The summed E-state index contributed by atoms with van der Waals surface area (Å²) in [6.07, 6.45) is 5.22. The average Bonchev–Trinajstić information content (AvgIpc) is 2.25. The monoisotopic (exact) mass is 309 g/mol. The Bertz CT molecular complexity index is 404. The second-order valence-corrected chi connectivity index (χ2v) is 7.38. The smallest absolute Gasteiger partial charge is 0.0516 e. The van der Waals surface area contributed by atoms with E-state index >= 15 is 0 Å². The van der Waals surface area contributed by atoms with Gasteiger partial charge >= 0.3 is 0 Å². The molecule has 1 aliphatic rings. The van der Waals surface area contributed by atoms with Crippen LogP contribution in [0.5, 0.6) is 0 Å². The topological polar surface area (TPSA) is 12.0 Å². The van der Waals surface area contributed by atoms with Crippen LogP contribution in [0.1, 0.15) is 50.7 Å². The first-order valence-electron chi connectivity index (χ1n) is 6.91. The Labute approximate surface area is 119 Å². The lowest BCUT2D eigenvalue weighted by Gasteiger charge is -2.35. The summed E-state index contributed by atoms with van der Waals surface area (Å²) in [4.78, 5) is 0. The minimum absolute atomic E-state index is 0.539. The molecule has 100 valence electrons. The SMILES string of the molecule is Cc1cc(C)c(NC2CCC(C)(C)CC2)c(Br)c1. The van der Waals surface area contributed by atoms with Crippen molar-refractivity contribution in [1.29, 1.82) is 0 Å². The van der Waals surface area contributed by atoms with Crippen molar-refractivity contribution in [3.63, 3.8) is 0 Å². The lowest BCUT2D eigenvalue weighted by molar-refractivity contribution is 0.232. The van der Waals surface area contributed by atoms with Crippen molar-refractivity contribution in [3.05, 3.63) is 27.7 Å². The van der Waals surface area contributed by atoms with E-state index in [-0.39, 0.29) is 0 Å². The summed E-state index contributed by atoms with van der Waals surface area (Å²) in [6.45, 7) is 9.10. The van der Waals surface area contributed by atoms with E-state index in [0.29, 0.717) is 11.5 Å². The van der Waals surface area contributed by atoms with E-state index in [0.717, 1.165) is 0 Å². The molecule has 0 atom stereocenters. The summed E-state index contributed by atoms with van der Waals surface area (Å²) >= 11 is 3.68. The Morgan fingerprint density at radius 1 is 1.17 bits per heavy atom. The lowest BCUT2D eigenvalue weighted by Crippen LogP contribution is -2.30. The molecule has 0 spiro atoms. The molecule has 0 saturated heterocycles. The first-order valence-corrected chi connectivity index (χ1v) is 7.70. The van der Waals surface area contributed by atoms with E-state index in [2.05, 4.69) is 61.1 Å². The minimum atomic E-state index is 0.539. The van der Waals surface area contributed by atoms with Crippen LogP contribution in [-0.4, -0.2) is 6.04 Å². The fourth-order valence-electron chi connectivity index (χ4n) is 2.85. The van der Waals surface area contributed by atoms with Crippen molar-refractivity contribution >= 4 is 21.6 Å². The van der Waals surface area contributed by atoms with Gasteiger partial charge in [-0.1, -0.05) is 19.9 Å². The van der Waals surface area contributed by atoms with Crippen LogP contribution in [0.25, 0.3) is 0 Å². The Morgan fingerprint density at radius 3 is 2.33 bits per heavy atom. The third kappa shape index (κ3) is 3.28. The number of halogens is 1. The highest BCUT2D eigenvalue weighted by atomic mass is 79.9. The zero-order valence-corrected chi connectivity index (χ0v) is 13.5. The van der Waals surface area contributed by atoms with Crippen LogP contribution < -0.4 is 5.32 Å². The van der Waals surface area contributed by atoms with Crippen LogP contribution in [0.2, 0.25) is 0 Å². The number of hydrogen-bond acceptors (Lipinski definition) is 1. The Balaban J connectivity index is 2.07. The normalized spacial score (nSPS) is 19.8. The van der Waals surface area contributed by atoms with E-state index in [1.54, 1.807) is 0 Å². The predicted molar refractivity (Wildman–Crippen MR) is 83.3 cm³/mol. The molecule has 0 aromatic heterocycles. The van der Waals surface area contributed by atoms with Crippen molar-refractivity contribution in [1.82, 2.24) is 0 Å². The highest BCUT2D eigenvalue weighted by Gasteiger charge is 2.27. The van der Waals surface area contributed by atoms with Gasteiger partial charge in [-0.3, -0.25) is 0 Å². The molecule has 1 saturated carbocycles. The third-order valence-electron chi connectivity index (χ3n) is 4.12. The molecule has 1 aliphatic carbocycles. The summed E-state index contributed by atoms with van der Waals surface area (Å²) in [7, 11) is 0. The maximum absolute atomic E-state index is 3.74. The maximum atomic E-state index is 3.74. The molecule has 0 bridgehead atoms. The fraction of sp³-hybridized carbons (Fsp3) is 0.625. The minimum Gasteiger partial charge on any atom is -0.381 e. The van der Waals surface area contributed by atoms with E-state index in [4.69, 9.17) is 0 Å². The molecule has 1 N–H and O–H groups in total. The number of anilines is 1. The van der Waals surface area contributed by atoms with Crippen molar-refractivity contribution in [3.8, 4) is 0 Å². The van der Waals surface area contributed by atoms with Gasteiger partial charge in [-0.2, -0.15) is 0 Å². The second kappa shape index (κ2) is 5.24. The van der Waals surface area contributed by atoms with Crippen molar-refractivity contribution in [2.45, 2.75) is 59.4 Å². The van der Waals surface area contributed by atoms with Gasteiger partial charge < -0.3 is 5.32 Å². The molecule has 0 heterocycles. The first-order chi connectivity index (χ1) is 8.37. The maximum Gasteiger partial charge on any atom is 0.0516 e. The first kappa shape index (κ1) is 13.9. The second-order valence-electron chi connectivity index (χ2n) is 6.52. The zero-order valence-electron chi connectivity index (χ0n) is 11.9. The standard InChI is InChI=1S/C16H24BrN/c1-11-9-12(2)15(14(17)10-11)18-13-5-7-16(3,4)8-6-13/h9-10,13,18H,5-8H2,1-4H3. The summed E-state index contributed by atoms with van der Waals surface area (Å²) in [5.74, 6) is 0. The molecule has 0 radical (unpaired) electrons. The number of rotatable bonds is 2. The molecule has 2 rings (SSSR count). The van der Waals surface area contributed by atoms with Gasteiger partial charge in [0.1, 0.15) is 0 Å². The van der Waals surface area contributed by atoms with Crippen molar-refractivity contribution in [2.75, 3.05) is 5.32 Å². The van der Waals surface area contributed by atoms with Crippen LogP contribution in [0, 0.1) is 19.3 Å². The Kier molecular flexibility index (Phi) is 4.05. The predicted octanol–water partition coefficient (Wildman–Crippen LogP) is 5.45. The van der Waals surface area contributed by atoms with Gasteiger partial charge in [0.2, 0.25) is 0 Å². The van der Waals surface area contributed by atoms with E-state index in [9.17, 15) is 0 Å². The van der Waals surface area contributed by atoms with Crippen LogP contribution >= 0.6 is 15.9 Å². The average molecular weight is 310 g/mol. The van der Waals surface area contributed by atoms with Crippen LogP contribution in [0.3, 0.4) is 0 Å². The van der Waals surface area contributed by atoms with Crippen LogP contribution in [-0.2, 0) is 0 Å². The number of nitrogens with one attached hydrogen (secondary N) is 1. The number of aryl methyl sites for hydroxylation is 2. The van der Waals surface area contributed by atoms with Gasteiger partial charge in [-0.05, 0) is 78.1 Å². The molecule has 1 fully saturated rings. The van der Waals surface area contributed by atoms with Crippen LogP contribution in [0.4, 0.5) is 5.69 Å². The summed E-state index contributed by atoms with van der Waals surface area (Å²) in [5.41, 5.74) is 4.48. The largest absolute Gasteiger partial charge is 0.381 e. The van der Waals surface area contributed by atoms with Gasteiger partial charge in [0, 0.05) is 10.5 Å². The van der Waals surface area contributed by atoms with Crippen LogP contribution in [0.15, 0.2) is 16.6 Å². The molecular weight excluding hydrogens is 286 g/mol. The van der Waals surface area contributed by atoms with Gasteiger partial charge in [0.25, 0.3) is 0 Å². The molecule has 18 heavy (non-hydrogen) atoms. The third-order valence-corrected chi connectivity index (χ3v) is 4.74. The Morgan fingerprint density at radius 2 is 1.78 bits per heavy atom. The summed E-state index contributed by atoms with van der Waals surface area (Å²) < 4.78 is 1.20. The molecule has 2 heteroatoms. The summed E-state index contributed by atoms with van der Waals surface area (Å²) in [5, 5.41) is 3.74. The van der Waals surface area contributed by atoms with Crippen molar-refractivity contribution in [2.24, 2.45) is 5.41 Å². The molecule has 0 unspecified atom stereocenters. The molecule has 0 aliphatic heterocycles. The highest BCUT2D eigenvalue weighted by molar-refractivity contribution is 9.10. The molecule has 1 aromatic rings. The van der Waals surface area contributed by atoms with E-state index < -0.39 is 0 Å². The number of hydrogen-bond donors (Lipinski definition) is 1. The van der Waals surface area contributed by atoms with E-state index in [1.165, 1.54) is 47.0 Å². The van der Waals surface area contributed by atoms with E-state index in [1.807, 2.05) is 0 Å². The van der Waals surface area contributed by atoms with Gasteiger partial charge in [-0.15, -0.1) is 0 Å². The Hall–Kier alpha value is -0.500. The molecular formula is C16H24BrN. The quantitative estimate of drug-likeness (QED) is 0.766. The lowest BCUT2D eigenvalue weighted by atomic mass is 9.75.